The molecule has 0 unspecified atom stereocenters. The van der Waals surface area contributed by atoms with Gasteiger partial charge in [0.15, 0.2) is 0 Å². The molecule has 152 valence electrons. The minimum absolute atomic E-state index is 0.0510. The van der Waals surface area contributed by atoms with E-state index in [0.717, 1.165) is 44.0 Å². The molecule has 0 atom stereocenters. The molecule has 0 aliphatic carbocycles. The Kier molecular flexibility index (Phi) is 7.83. The highest BCUT2D eigenvalue weighted by molar-refractivity contribution is 5.81. The van der Waals surface area contributed by atoms with Crippen molar-refractivity contribution in [1.82, 2.24) is 5.43 Å². The van der Waals surface area contributed by atoms with Crippen LogP contribution in [-0.2, 0) is 4.79 Å². The maximum absolute atomic E-state index is 12.0. The summed E-state index contributed by atoms with van der Waals surface area (Å²) in [6.45, 7) is 4.97. The van der Waals surface area contributed by atoms with Gasteiger partial charge >= 0.3 is 0 Å². The molecule has 1 heterocycles. The molecule has 2 aromatic carbocycles. The molecule has 1 aliphatic heterocycles. The highest BCUT2D eigenvalue weighted by Crippen LogP contribution is 2.18. The van der Waals surface area contributed by atoms with Crippen LogP contribution in [0.5, 0.6) is 5.75 Å². The molecule has 0 spiro atoms. The number of hydrazone groups is 1. The van der Waals surface area contributed by atoms with Gasteiger partial charge < -0.3 is 14.5 Å². The lowest BCUT2D eigenvalue weighted by Gasteiger charge is -2.33. The first kappa shape index (κ1) is 20.6. The fraction of sp³-hybridized carbons (Fsp3) is 0.304. The van der Waals surface area contributed by atoms with Crippen LogP contribution in [0.1, 0.15) is 12.0 Å². The maximum Gasteiger partial charge on any atom is 0.245 e. The van der Waals surface area contributed by atoms with E-state index >= 15 is 0 Å². The number of methoxy groups -OCH3 is 1. The molecule has 0 bridgehead atoms. The van der Waals surface area contributed by atoms with E-state index in [-0.39, 0.29) is 5.91 Å². The van der Waals surface area contributed by atoms with Crippen LogP contribution in [-0.4, -0.2) is 52.0 Å². The van der Waals surface area contributed by atoms with Crippen molar-refractivity contribution < 1.29 is 14.4 Å². The molecule has 1 fully saturated rings. The maximum atomic E-state index is 12.0. The minimum atomic E-state index is -0.0510. The average Bonchev–Trinajstić information content (AvgIpc) is 2.78. The van der Waals surface area contributed by atoms with Crippen molar-refractivity contribution in [2.24, 2.45) is 5.10 Å². The first-order valence-corrected chi connectivity index (χ1v) is 10.0. The summed E-state index contributed by atoms with van der Waals surface area (Å²) in [6, 6.07) is 18.2. The number of piperazine rings is 1. The fourth-order valence-corrected chi connectivity index (χ4v) is 3.42. The molecule has 3 rings (SSSR count). The summed E-state index contributed by atoms with van der Waals surface area (Å²) in [5, 5.41) is 3.99. The Morgan fingerprint density at radius 2 is 1.86 bits per heavy atom. The molecule has 1 amide bonds. The van der Waals surface area contributed by atoms with Crippen LogP contribution in [0.4, 0.5) is 5.69 Å². The van der Waals surface area contributed by atoms with Crippen LogP contribution >= 0.6 is 0 Å². The zero-order valence-electron chi connectivity index (χ0n) is 16.9. The Hall–Kier alpha value is -3.12. The molecule has 0 radical (unpaired) electrons. The summed E-state index contributed by atoms with van der Waals surface area (Å²) in [5.41, 5.74) is 4.84. The van der Waals surface area contributed by atoms with Crippen LogP contribution in [0, 0.1) is 0 Å². The SMILES string of the molecule is COc1ccccc1/C=C/C=N\NC(=O)CC[NH+]1CCN(c2ccccc2)CC1. The summed E-state index contributed by atoms with van der Waals surface area (Å²) >= 11 is 0. The standard InChI is InChI=1S/C23H28N4O2/c1-29-22-12-6-5-8-20(22)9-7-14-24-25-23(28)13-15-26-16-18-27(19-17-26)21-10-3-2-4-11-21/h2-12,14H,13,15-19H2,1H3,(H,25,28)/p+1/b9-7+,24-14-. The summed E-state index contributed by atoms with van der Waals surface area (Å²) in [5.74, 6) is 0.751. The number of allylic oxidation sites excluding steroid dienone is 1. The van der Waals surface area contributed by atoms with Gasteiger partial charge in [-0.05, 0) is 30.4 Å². The van der Waals surface area contributed by atoms with E-state index in [1.54, 1.807) is 19.4 Å². The number of quaternary nitrogens is 1. The number of rotatable bonds is 8. The third-order valence-electron chi connectivity index (χ3n) is 5.06. The Balaban J connectivity index is 1.34. The molecule has 2 N–H and O–H groups in total. The second kappa shape index (κ2) is 11.0. The number of ether oxygens (including phenoxy) is 1. The van der Waals surface area contributed by atoms with Crippen LogP contribution in [0.2, 0.25) is 0 Å². The van der Waals surface area contributed by atoms with Gasteiger partial charge in [-0.3, -0.25) is 4.79 Å². The van der Waals surface area contributed by atoms with Gasteiger partial charge in [0, 0.05) is 17.5 Å². The third kappa shape index (κ3) is 6.47. The number of anilines is 1. The number of nitrogens with zero attached hydrogens (tertiary/aromatic N) is 2. The number of hydrogen-bond donors (Lipinski definition) is 2. The highest BCUT2D eigenvalue weighted by Gasteiger charge is 2.20. The Morgan fingerprint density at radius 1 is 1.14 bits per heavy atom. The lowest BCUT2D eigenvalue weighted by molar-refractivity contribution is -0.900. The Morgan fingerprint density at radius 3 is 2.62 bits per heavy atom. The smallest absolute Gasteiger partial charge is 0.245 e. The van der Waals surface area contributed by atoms with Gasteiger partial charge in [0.2, 0.25) is 5.91 Å². The second-order valence-electron chi connectivity index (χ2n) is 6.99. The number of nitrogens with one attached hydrogen (secondary N) is 2. The molecule has 2 aromatic rings. The summed E-state index contributed by atoms with van der Waals surface area (Å²) in [7, 11) is 1.64. The lowest BCUT2D eigenvalue weighted by Crippen LogP contribution is -3.15. The highest BCUT2D eigenvalue weighted by atomic mass is 16.5. The third-order valence-corrected chi connectivity index (χ3v) is 5.06. The number of amides is 1. The van der Waals surface area contributed by atoms with Gasteiger partial charge in [-0.2, -0.15) is 5.10 Å². The van der Waals surface area contributed by atoms with E-state index in [2.05, 4.69) is 39.7 Å². The van der Waals surface area contributed by atoms with Crippen LogP contribution < -0.4 is 20.0 Å². The van der Waals surface area contributed by atoms with Crippen LogP contribution in [0.3, 0.4) is 0 Å². The first-order valence-electron chi connectivity index (χ1n) is 10.0. The monoisotopic (exact) mass is 393 g/mol. The lowest BCUT2D eigenvalue weighted by atomic mass is 10.2. The normalized spacial score (nSPS) is 15.1. The molecular weight excluding hydrogens is 364 g/mol. The Bertz CT molecular complexity index is 828. The molecule has 29 heavy (non-hydrogen) atoms. The first-order chi connectivity index (χ1) is 14.3. The van der Waals surface area contributed by atoms with Crippen molar-refractivity contribution >= 4 is 23.9 Å². The largest absolute Gasteiger partial charge is 0.496 e. The average molecular weight is 394 g/mol. The molecule has 6 nitrogen and oxygen atoms in total. The topological polar surface area (TPSA) is 58.4 Å². The van der Waals surface area contributed by atoms with Gasteiger partial charge in [-0.15, -0.1) is 0 Å². The van der Waals surface area contributed by atoms with E-state index in [1.807, 2.05) is 36.4 Å². The van der Waals surface area contributed by atoms with Crippen molar-refractivity contribution in [2.45, 2.75) is 6.42 Å². The molecule has 6 heteroatoms. The van der Waals surface area contributed by atoms with E-state index in [0.29, 0.717) is 6.42 Å². The van der Waals surface area contributed by atoms with Crippen molar-refractivity contribution in [3.8, 4) is 5.75 Å². The fourth-order valence-electron chi connectivity index (χ4n) is 3.42. The molecule has 1 aliphatic rings. The zero-order chi connectivity index (χ0) is 20.3. The Labute approximate surface area is 172 Å². The summed E-state index contributed by atoms with van der Waals surface area (Å²) in [6.07, 6.45) is 5.74. The van der Waals surface area contributed by atoms with Crippen LogP contribution in [0.15, 0.2) is 65.8 Å². The van der Waals surface area contributed by atoms with Crippen molar-refractivity contribution in [2.75, 3.05) is 44.7 Å². The van der Waals surface area contributed by atoms with Crippen molar-refractivity contribution in [1.29, 1.82) is 0 Å². The van der Waals surface area contributed by atoms with Crippen molar-refractivity contribution in [3.63, 3.8) is 0 Å². The number of para-hydroxylation sites is 2. The molecule has 0 aromatic heterocycles. The van der Waals surface area contributed by atoms with E-state index in [1.165, 1.54) is 10.6 Å². The molecule has 1 saturated heterocycles. The number of benzene rings is 2. The van der Waals surface area contributed by atoms with Crippen LogP contribution in [0.25, 0.3) is 6.08 Å². The number of carbonyl (C=O) groups excluding carboxylic acids is 1. The van der Waals surface area contributed by atoms with Gasteiger partial charge in [-0.1, -0.05) is 36.4 Å². The zero-order valence-corrected chi connectivity index (χ0v) is 16.9. The van der Waals surface area contributed by atoms with Gasteiger partial charge in [0.1, 0.15) is 5.75 Å². The number of carbonyl (C=O) groups is 1. The molecular formula is C23H29N4O2+. The van der Waals surface area contributed by atoms with Gasteiger partial charge in [0.25, 0.3) is 0 Å². The summed E-state index contributed by atoms with van der Waals surface area (Å²) < 4.78 is 5.29. The second-order valence-corrected chi connectivity index (χ2v) is 6.99. The van der Waals surface area contributed by atoms with E-state index < -0.39 is 0 Å². The van der Waals surface area contributed by atoms with Gasteiger partial charge in [0.05, 0.1) is 46.3 Å². The number of hydrogen-bond acceptors (Lipinski definition) is 4. The van der Waals surface area contributed by atoms with Gasteiger partial charge in [-0.25, -0.2) is 5.43 Å². The quantitative estimate of drug-likeness (QED) is 0.529. The minimum Gasteiger partial charge on any atom is -0.496 e. The predicted molar refractivity (Wildman–Crippen MR) is 117 cm³/mol. The van der Waals surface area contributed by atoms with Crippen molar-refractivity contribution in [3.05, 3.63) is 66.2 Å². The van der Waals surface area contributed by atoms with E-state index in [4.69, 9.17) is 4.74 Å². The predicted octanol–water partition coefficient (Wildman–Crippen LogP) is 1.61. The van der Waals surface area contributed by atoms with E-state index in [9.17, 15) is 4.79 Å². The summed E-state index contributed by atoms with van der Waals surface area (Å²) in [4.78, 5) is 15.9. The molecule has 0 saturated carbocycles.